The van der Waals surface area contributed by atoms with E-state index in [1.165, 1.54) is 12.8 Å². The Labute approximate surface area is 115 Å². The van der Waals surface area contributed by atoms with Crippen LogP contribution in [-0.2, 0) is 19.0 Å². The second-order valence-corrected chi connectivity index (χ2v) is 4.20. The first kappa shape index (κ1) is 17.6. The summed E-state index contributed by atoms with van der Waals surface area (Å²) in [5.41, 5.74) is -0.247. The monoisotopic (exact) mass is 269 g/mol. The van der Waals surface area contributed by atoms with Crippen LogP contribution in [0.15, 0.2) is 12.2 Å². The maximum absolute atomic E-state index is 11.2. The van der Waals surface area contributed by atoms with E-state index in [1.54, 1.807) is 19.9 Å². The van der Waals surface area contributed by atoms with Crippen LogP contribution in [0.25, 0.3) is 0 Å². The van der Waals surface area contributed by atoms with Crippen LogP contribution in [0.1, 0.15) is 46.5 Å². The molecule has 5 heteroatoms. The molecule has 0 aliphatic carbocycles. The second kappa shape index (κ2) is 10.5. The van der Waals surface area contributed by atoms with E-state index in [0.717, 1.165) is 12.8 Å². The predicted molar refractivity (Wildman–Crippen MR) is 70.9 cm³/mol. The standard InChI is InChI=1S/C14H23NO4/c1-5-6-7-8-9-17-12(3)18-13(4)19-14(16)11(2)10-15/h12-13H,2,5-9H2,1,3-4H3. The molecule has 0 radical (unpaired) electrons. The van der Waals surface area contributed by atoms with Gasteiger partial charge in [0.2, 0.25) is 6.29 Å². The molecule has 0 spiro atoms. The molecule has 0 heterocycles. The van der Waals surface area contributed by atoms with Gasteiger partial charge in [-0.15, -0.1) is 0 Å². The Morgan fingerprint density at radius 1 is 1.26 bits per heavy atom. The van der Waals surface area contributed by atoms with Gasteiger partial charge in [-0.2, -0.15) is 5.26 Å². The Morgan fingerprint density at radius 3 is 2.53 bits per heavy atom. The molecule has 0 aromatic carbocycles. The highest BCUT2D eigenvalue weighted by Gasteiger charge is 2.15. The van der Waals surface area contributed by atoms with Crippen molar-refractivity contribution in [2.24, 2.45) is 0 Å². The largest absolute Gasteiger partial charge is 0.432 e. The van der Waals surface area contributed by atoms with Crippen LogP contribution in [0.2, 0.25) is 0 Å². The molecular weight excluding hydrogens is 246 g/mol. The number of carbonyl (C=O) groups excluding carboxylic acids is 1. The summed E-state index contributed by atoms with van der Waals surface area (Å²) in [6, 6.07) is 1.62. The molecule has 0 aliphatic rings. The Hall–Kier alpha value is -1.38. The normalized spacial score (nSPS) is 13.4. The number of rotatable bonds is 10. The van der Waals surface area contributed by atoms with Crippen molar-refractivity contribution in [1.82, 2.24) is 0 Å². The van der Waals surface area contributed by atoms with E-state index in [9.17, 15) is 4.79 Å². The number of unbranched alkanes of at least 4 members (excludes halogenated alkanes) is 3. The zero-order valence-electron chi connectivity index (χ0n) is 12.0. The van der Waals surface area contributed by atoms with Crippen LogP contribution in [0, 0.1) is 11.3 Å². The molecule has 0 aliphatic heterocycles. The zero-order valence-corrected chi connectivity index (χ0v) is 12.0. The molecule has 0 N–H and O–H groups in total. The number of nitrogens with zero attached hydrogens (tertiary/aromatic N) is 1. The van der Waals surface area contributed by atoms with Gasteiger partial charge in [-0.05, 0) is 20.3 Å². The van der Waals surface area contributed by atoms with E-state index < -0.39 is 18.5 Å². The van der Waals surface area contributed by atoms with Crippen LogP contribution in [0.3, 0.4) is 0 Å². The SMILES string of the molecule is C=C(C#N)C(=O)OC(C)OC(C)OCCCCCC. The van der Waals surface area contributed by atoms with Crippen LogP contribution < -0.4 is 0 Å². The molecule has 0 fully saturated rings. The van der Waals surface area contributed by atoms with Crippen molar-refractivity contribution in [3.8, 4) is 6.07 Å². The summed E-state index contributed by atoms with van der Waals surface area (Å²) >= 11 is 0. The summed E-state index contributed by atoms with van der Waals surface area (Å²) in [5.74, 6) is -0.773. The summed E-state index contributed by atoms with van der Waals surface area (Å²) in [7, 11) is 0. The molecule has 0 rings (SSSR count). The minimum Gasteiger partial charge on any atom is -0.432 e. The molecule has 0 saturated carbocycles. The third kappa shape index (κ3) is 9.23. The minimum absolute atomic E-state index is 0.247. The van der Waals surface area contributed by atoms with Crippen LogP contribution >= 0.6 is 0 Å². The number of hydrogen-bond donors (Lipinski definition) is 0. The van der Waals surface area contributed by atoms with Crippen LogP contribution in [-0.4, -0.2) is 25.2 Å². The number of esters is 1. The Kier molecular flexibility index (Phi) is 9.77. The predicted octanol–water partition coefficient (Wildman–Crippen LogP) is 2.91. The second-order valence-electron chi connectivity index (χ2n) is 4.20. The van der Waals surface area contributed by atoms with Crippen molar-refractivity contribution in [3.05, 3.63) is 12.2 Å². The van der Waals surface area contributed by atoms with Crippen LogP contribution in [0.5, 0.6) is 0 Å². The average Bonchev–Trinajstić information content (AvgIpc) is 2.37. The van der Waals surface area contributed by atoms with E-state index in [0.29, 0.717) is 6.61 Å². The molecule has 0 amide bonds. The van der Waals surface area contributed by atoms with E-state index >= 15 is 0 Å². The minimum atomic E-state index is -0.775. The van der Waals surface area contributed by atoms with Gasteiger partial charge < -0.3 is 14.2 Å². The smallest absolute Gasteiger partial charge is 0.350 e. The van der Waals surface area contributed by atoms with Crippen molar-refractivity contribution >= 4 is 5.97 Å². The molecule has 2 unspecified atom stereocenters. The highest BCUT2D eigenvalue weighted by molar-refractivity contribution is 5.91. The van der Waals surface area contributed by atoms with Gasteiger partial charge in [-0.1, -0.05) is 32.8 Å². The highest BCUT2D eigenvalue weighted by Crippen LogP contribution is 2.06. The summed E-state index contributed by atoms with van der Waals surface area (Å²) < 4.78 is 15.6. The van der Waals surface area contributed by atoms with Gasteiger partial charge in [-0.25, -0.2) is 4.79 Å². The van der Waals surface area contributed by atoms with E-state index in [2.05, 4.69) is 13.5 Å². The van der Waals surface area contributed by atoms with E-state index in [1.807, 2.05) is 0 Å². The Morgan fingerprint density at radius 2 is 1.95 bits per heavy atom. The van der Waals surface area contributed by atoms with Gasteiger partial charge in [0, 0.05) is 6.61 Å². The van der Waals surface area contributed by atoms with E-state index in [-0.39, 0.29) is 5.57 Å². The van der Waals surface area contributed by atoms with Gasteiger partial charge in [-0.3, -0.25) is 0 Å². The molecule has 19 heavy (non-hydrogen) atoms. The van der Waals surface area contributed by atoms with Crippen molar-refractivity contribution in [2.45, 2.75) is 59.0 Å². The fourth-order valence-corrected chi connectivity index (χ4v) is 1.38. The lowest BCUT2D eigenvalue weighted by atomic mass is 10.2. The average molecular weight is 269 g/mol. The zero-order chi connectivity index (χ0) is 14.7. The fraction of sp³-hybridized carbons (Fsp3) is 0.714. The Balaban J connectivity index is 3.75. The van der Waals surface area contributed by atoms with Crippen molar-refractivity contribution in [1.29, 1.82) is 5.26 Å². The summed E-state index contributed by atoms with van der Waals surface area (Å²) in [4.78, 5) is 11.2. The first-order valence-electron chi connectivity index (χ1n) is 6.58. The maximum Gasteiger partial charge on any atom is 0.350 e. The van der Waals surface area contributed by atoms with Gasteiger partial charge in [0.15, 0.2) is 6.29 Å². The fourth-order valence-electron chi connectivity index (χ4n) is 1.38. The molecule has 0 bridgehead atoms. The highest BCUT2D eigenvalue weighted by atomic mass is 16.8. The van der Waals surface area contributed by atoms with Gasteiger partial charge in [0.1, 0.15) is 11.6 Å². The van der Waals surface area contributed by atoms with Gasteiger partial charge in [0.25, 0.3) is 0 Å². The molecule has 2 atom stereocenters. The first-order valence-corrected chi connectivity index (χ1v) is 6.58. The quantitative estimate of drug-likeness (QED) is 0.200. The molecule has 0 aromatic heterocycles. The van der Waals surface area contributed by atoms with Crippen molar-refractivity contribution in [2.75, 3.05) is 6.61 Å². The third-order valence-corrected chi connectivity index (χ3v) is 2.39. The summed E-state index contributed by atoms with van der Waals surface area (Å²) in [6.45, 7) is 9.34. The molecule has 0 aromatic rings. The van der Waals surface area contributed by atoms with Gasteiger partial charge >= 0.3 is 5.97 Å². The number of carbonyl (C=O) groups is 1. The molecule has 0 saturated heterocycles. The lowest BCUT2D eigenvalue weighted by molar-refractivity contribution is -0.227. The molecule has 108 valence electrons. The Bertz CT molecular complexity index is 322. The van der Waals surface area contributed by atoms with Gasteiger partial charge in [0.05, 0.1) is 0 Å². The van der Waals surface area contributed by atoms with Crippen molar-refractivity contribution < 1.29 is 19.0 Å². The number of nitriles is 1. The lowest BCUT2D eigenvalue weighted by Gasteiger charge is -2.19. The maximum atomic E-state index is 11.2. The first-order chi connectivity index (χ1) is 9.01. The summed E-state index contributed by atoms with van der Waals surface area (Å²) in [5, 5.41) is 8.47. The number of ether oxygens (including phenoxy) is 3. The number of hydrogen-bond acceptors (Lipinski definition) is 5. The third-order valence-electron chi connectivity index (χ3n) is 2.39. The van der Waals surface area contributed by atoms with Crippen LogP contribution in [0.4, 0.5) is 0 Å². The topological polar surface area (TPSA) is 68.6 Å². The summed E-state index contributed by atoms with van der Waals surface area (Å²) in [6.07, 6.45) is 3.27. The molecule has 5 nitrogen and oxygen atoms in total. The lowest BCUT2D eigenvalue weighted by Crippen LogP contribution is -2.25. The molecular formula is C14H23NO4. The van der Waals surface area contributed by atoms with E-state index in [4.69, 9.17) is 19.5 Å². The van der Waals surface area contributed by atoms with Crippen molar-refractivity contribution in [3.63, 3.8) is 0 Å².